The van der Waals surface area contributed by atoms with Crippen molar-refractivity contribution in [3.63, 3.8) is 0 Å². The minimum absolute atomic E-state index is 0.00689. The lowest BCUT2D eigenvalue weighted by molar-refractivity contribution is -0.130. The molecule has 5 nitrogen and oxygen atoms in total. The van der Waals surface area contributed by atoms with Crippen molar-refractivity contribution in [1.82, 2.24) is 4.90 Å². The van der Waals surface area contributed by atoms with E-state index in [0.717, 1.165) is 49.7 Å². The van der Waals surface area contributed by atoms with Gasteiger partial charge in [-0.3, -0.25) is 4.79 Å². The number of rotatable bonds is 8. The second-order valence-corrected chi connectivity index (χ2v) is 7.04. The first kappa shape index (κ1) is 21.0. The molecule has 2 aromatic rings. The molecule has 1 fully saturated rings. The highest BCUT2D eigenvalue weighted by Gasteiger charge is 2.13. The van der Waals surface area contributed by atoms with E-state index in [0.29, 0.717) is 19.4 Å². The molecule has 1 heterocycles. The van der Waals surface area contributed by atoms with Gasteiger partial charge in [-0.15, -0.1) is 0 Å². The lowest BCUT2D eigenvalue weighted by atomic mass is 10.1. The quantitative estimate of drug-likeness (QED) is 0.631. The van der Waals surface area contributed by atoms with E-state index in [2.05, 4.69) is 17.0 Å². The lowest BCUT2D eigenvalue weighted by Crippen LogP contribution is -2.36. The number of amides is 1. The van der Waals surface area contributed by atoms with Gasteiger partial charge in [-0.05, 0) is 36.2 Å². The summed E-state index contributed by atoms with van der Waals surface area (Å²) in [7, 11) is 1.76. The van der Waals surface area contributed by atoms with E-state index in [1.807, 2.05) is 12.1 Å². The molecule has 0 radical (unpaired) electrons. The summed E-state index contributed by atoms with van der Waals surface area (Å²) in [6, 6.07) is 11.4. The van der Waals surface area contributed by atoms with Gasteiger partial charge in [0, 0.05) is 44.9 Å². The average Bonchev–Trinajstić information content (AvgIpc) is 2.73. The van der Waals surface area contributed by atoms with Gasteiger partial charge in [-0.25, -0.2) is 8.78 Å². The number of carbonyl (C=O) groups is 1. The van der Waals surface area contributed by atoms with E-state index in [1.54, 1.807) is 11.9 Å². The Morgan fingerprint density at radius 1 is 1.14 bits per heavy atom. The molecule has 0 aliphatic carbocycles. The van der Waals surface area contributed by atoms with Crippen molar-refractivity contribution in [3.8, 4) is 5.75 Å². The van der Waals surface area contributed by atoms with Crippen LogP contribution in [0.1, 0.15) is 18.4 Å². The first-order chi connectivity index (χ1) is 14.0. The van der Waals surface area contributed by atoms with Gasteiger partial charge >= 0.3 is 0 Å². The molecular weight excluding hydrogens is 378 g/mol. The fraction of sp³-hybridized carbons (Fsp3) is 0.409. The highest BCUT2D eigenvalue weighted by Crippen LogP contribution is 2.19. The van der Waals surface area contributed by atoms with Gasteiger partial charge in [0.05, 0.1) is 19.8 Å². The van der Waals surface area contributed by atoms with E-state index in [4.69, 9.17) is 9.47 Å². The van der Waals surface area contributed by atoms with Crippen LogP contribution in [-0.2, 0) is 16.1 Å². The summed E-state index contributed by atoms with van der Waals surface area (Å²) in [6.07, 6.45) is 0.751. The summed E-state index contributed by atoms with van der Waals surface area (Å²) in [4.78, 5) is 16.3. The van der Waals surface area contributed by atoms with Crippen LogP contribution in [0.2, 0.25) is 0 Å². The molecule has 0 spiro atoms. The van der Waals surface area contributed by atoms with Crippen molar-refractivity contribution < 1.29 is 23.0 Å². The number of morpholine rings is 1. The van der Waals surface area contributed by atoms with Crippen molar-refractivity contribution in [3.05, 3.63) is 59.7 Å². The van der Waals surface area contributed by atoms with E-state index in [1.165, 1.54) is 6.07 Å². The first-order valence-electron chi connectivity index (χ1n) is 9.76. The Labute approximate surface area is 169 Å². The zero-order valence-electron chi connectivity index (χ0n) is 16.6. The highest BCUT2D eigenvalue weighted by atomic mass is 19.1. The van der Waals surface area contributed by atoms with Gasteiger partial charge in [0.2, 0.25) is 5.91 Å². The van der Waals surface area contributed by atoms with Crippen molar-refractivity contribution in [2.75, 3.05) is 44.9 Å². The predicted molar refractivity (Wildman–Crippen MR) is 107 cm³/mol. The minimum Gasteiger partial charge on any atom is -0.491 e. The standard InChI is InChI=1S/C22H26F2N2O3/c1-25(16-17-4-7-19(8-5-17)26-10-13-28-14-11-26)22(27)3-2-12-29-21-9-6-18(23)15-20(21)24/h4-9,15H,2-3,10-14,16H2,1H3. The number of anilines is 1. The average molecular weight is 404 g/mol. The summed E-state index contributed by atoms with van der Waals surface area (Å²) >= 11 is 0. The Balaban J connectivity index is 1.40. The normalized spacial score (nSPS) is 14.0. The van der Waals surface area contributed by atoms with Gasteiger partial charge < -0.3 is 19.3 Å². The largest absolute Gasteiger partial charge is 0.491 e. The molecule has 156 valence electrons. The molecule has 0 unspecified atom stereocenters. The third kappa shape index (κ3) is 6.15. The van der Waals surface area contributed by atoms with Gasteiger partial charge in [0.15, 0.2) is 11.6 Å². The number of hydrogen-bond acceptors (Lipinski definition) is 4. The van der Waals surface area contributed by atoms with Gasteiger partial charge in [-0.2, -0.15) is 0 Å². The Morgan fingerprint density at radius 2 is 1.86 bits per heavy atom. The maximum atomic E-state index is 13.5. The molecule has 1 amide bonds. The number of carbonyl (C=O) groups excluding carboxylic acids is 1. The Kier molecular flexibility index (Phi) is 7.41. The topological polar surface area (TPSA) is 42.0 Å². The van der Waals surface area contributed by atoms with Gasteiger partial charge in [0.1, 0.15) is 5.82 Å². The van der Waals surface area contributed by atoms with E-state index >= 15 is 0 Å². The molecular formula is C22H26F2N2O3. The van der Waals surface area contributed by atoms with Crippen molar-refractivity contribution in [2.45, 2.75) is 19.4 Å². The zero-order chi connectivity index (χ0) is 20.6. The van der Waals surface area contributed by atoms with Crippen LogP contribution in [0.4, 0.5) is 14.5 Å². The summed E-state index contributed by atoms with van der Waals surface area (Å²) in [6.45, 7) is 3.99. The van der Waals surface area contributed by atoms with E-state index < -0.39 is 11.6 Å². The summed E-state index contributed by atoms with van der Waals surface area (Å²) < 4.78 is 37.0. The minimum atomic E-state index is -0.742. The van der Waals surface area contributed by atoms with Crippen LogP contribution >= 0.6 is 0 Å². The van der Waals surface area contributed by atoms with Crippen LogP contribution < -0.4 is 9.64 Å². The highest BCUT2D eigenvalue weighted by molar-refractivity contribution is 5.75. The fourth-order valence-electron chi connectivity index (χ4n) is 3.18. The number of hydrogen-bond donors (Lipinski definition) is 0. The number of benzene rings is 2. The number of halogens is 2. The van der Waals surface area contributed by atoms with Crippen LogP contribution in [0.5, 0.6) is 5.75 Å². The smallest absolute Gasteiger partial charge is 0.222 e. The summed E-state index contributed by atoms with van der Waals surface area (Å²) in [5.41, 5.74) is 2.22. The fourth-order valence-corrected chi connectivity index (χ4v) is 3.18. The van der Waals surface area contributed by atoms with Gasteiger partial charge in [0.25, 0.3) is 0 Å². The van der Waals surface area contributed by atoms with E-state index in [9.17, 15) is 13.6 Å². The molecule has 3 rings (SSSR count). The molecule has 1 aliphatic rings. The van der Waals surface area contributed by atoms with Crippen LogP contribution in [0, 0.1) is 11.6 Å². The molecule has 0 atom stereocenters. The molecule has 1 saturated heterocycles. The third-order valence-corrected chi connectivity index (χ3v) is 4.84. The number of ether oxygens (including phenoxy) is 2. The van der Waals surface area contributed by atoms with E-state index in [-0.39, 0.29) is 18.3 Å². The monoisotopic (exact) mass is 404 g/mol. The van der Waals surface area contributed by atoms with Gasteiger partial charge in [-0.1, -0.05) is 12.1 Å². The maximum absolute atomic E-state index is 13.5. The summed E-state index contributed by atoms with van der Waals surface area (Å²) in [5.74, 6) is -1.41. The molecule has 0 aromatic heterocycles. The molecule has 0 saturated carbocycles. The second-order valence-electron chi connectivity index (χ2n) is 7.04. The number of nitrogens with zero attached hydrogens (tertiary/aromatic N) is 2. The van der Waals surface area contributed by atoms with Crippen molar-refractivity contribution in [2.24, 2.45) is 0 Å². The van der Waals surface area contributed by atoms with Crippen molar-refractivity contribution in [1.29, 1.82) is 0 Å². The third-order valence-electron chi connectivity index (χ3n) is 4.84. The second kappa shape index (κ2) is 10.2. The Hall–Kier alpha value is -2.67. The van der Waals surface area contributed by atoms with Crippen LogP contribution in [0.15, 0.2) is 42.5 Å². The van der Waals surface area contributed by atoms with Crippen LogP contribution in [-0.4, -0.2) is 50.8 Å². The van der Waals surface area contributed by atoms with Crippen LogP contribution in [0.3, 0.4) is 0 Å². The maximum Gasteiger partial charge on any atom is 0.222 e. The predicted octanol–water partition coefficient (Wildman–Crippen LogP) is 3.62. The lowest BCUT2D eigenvalue weighted by Gasteiger charge is -2.29. The molecule has 29 heavy (non-hydrogen) atoms. The zero-order valence-corrected chi connectivity index (χ0v) is 16.6. The molecule has 0 bridgehead atoms. The SMILES string of the molecule is CN(Cc1ccc(N2CCOCC2)cc1)C(=O)CCCOc1ccc(F)cc1F. The Morgan fingerprint density at radius 3 is 2.55 bits per heavy atom. The Bertz CT molecular complexity index is 808. The molecule has 2 aromatic carbocycles. The first-order valence-corrected chi connectivity index (χ1v) is 9.76. The molecule has 1 aliphatic heterocycles. The molecule has 0 N–H and O–H groups in total. The van der Waals surface area contributed by atoms with Crippen molar-refractivity contribution >= 4 is 11.6 Å². The summed E-state index contributed by atoms with van der Waals surface area (Å²) in [5, 5.41) is 0. The molecule has 7 heteroatoms. The van der Waals surface area contributed by atoms with Crippen LogP contribution in [0.25, 0.3) is 0 Å².